The van der Waals surface area contributed by atoms with Crippen LogP contribution in [0, 0.1) is 10.1 Å². The SMILES string of the molecule is NNc1ccc([N+](=O)[O-])c(N(CCO)CC(F)F)n1. The largest absolute Gasteiger partial charge is 0.395 e. The number of aliphatic hydroxyl groups is 1. The van der Waals surface area contributed by atoms with Crippen LogP contribution >= 0.6 is 0 Å². The number of hydrazine groups is 1. The van der Waals surface area contributed by atoms with Crippen LogP contribution in [0.5, 0.6) is 0 Å². The molecule has 0 spiro atoms. The van der Waals surface area contributed by atoms with Crippen molar-refractivity contribution in [3.8, 4) is 0 Å². The van der Waals surface area contributed by atoms with Gasteiger partial charge in [-0.2, -0.15) is 0 Å². The number of rotatable bonds is 7. The zero-order chi connectivity index (χ0) is 14.4. The lowest BCUT2D eigenvalue weighted by Gasteiger charge is -2.22. The molecule has 0 radical (unpaired) electrons. The fourth-order valence-electron chi connectivity index (χ4n) is 1.47. The number of nitrogen functional groups attached to an aromatic ring is 1. The molecule has 0 unspecified atom stereocenters. The van der Waals surface area contributed by atoms with Gasteiger partial charge in [-0.25, -0.2) is 19.6 Å². The number of nitrogens with one attached hydrogen (secondary N) is 1. The first-order valence-corrected chi connectivity index (χ1v) is 5.25. The van der Waals surface area contributed by atoms with Gasteiger partial charge in [-0.1, -0.05) is 0 Å². The second-order valence-electron chi connectivity index (χ2n) is 3.50. The quantitative estimate of drug-likeness (QED) is 0.373. The van der Waals surface area contributed by atoms with Crippen LogP contribution in [0.15, 0.2) is 12.1 Å². The van der Waals surface area contributed by atoms with E-state index in [1.54, 1.807) is 0 Å². The molecular weight excluding hydrogens is 264 g/mol. The van der Waals surface area contributed by atoms with Crippen LogP contribution in [0.1, 0.15) is 0 Å². The highest BCUT2D eigenvalue weighted by Crippen LogP contribution is 2.27. The number of nitrogens with two attached hydrogens (primary N) is 1. The molecule has 0 aliphatic carbocycles. The third-order valence-corrected chi connectivity index (χ3v) is 2.23. The van der Waals surface area contributed by atoms with Crippen molar-refractivity contribution in [3.05, 3.63) is 22.2 Å². The number of nitrogens with zero attached hydrogens (tertiary/aromatic N) is 3. The molecule has 0 saturated heterocycles. The Labute approximate surface area is 107 Å². The van der Waals surface area contributed by atoms with E-state index < -0.39 is 30.2 Å². The van der Waals surface area contributed by atoms with E-state index in [0.29, 0.717) is 0 Å². The van der Waals surface area contributed by atoms with Gasteiger partial charge in [0.2, 0.25) is 5.82 Å². The van der Waals surface area contributed by atoms with Crippen molar-refractivity contribution in [3.63, 3.8) is 0 Å². The van der Waals surface area contributed by atoms with Crippen molar-refractivity contribution in [1.29, 1.82) is 0 Å². The molecule has 8 nitrogen and oxygen atoms in total. The Hall–Kier alpha value is -2.07. The maximum Gasteiger partial charge on any atom is 0.311 e. The maximum absolute atomic E-state index is 12.4. The first-order valence-electron chi connectivity index (χ1n) is 5.25. The average molecular weight is 277 g/mol. The average Bonchev–Trinajstić information content (AvgIpc) is 2.36. The summed E-state index contributed by atoms with van der Waals surface area (Å²) in [5, 5.41) is 19.7. The third kappa shape index (κ3) is 3.96. The van der Waals surface area contributed by atoms with Crippen molar-refractivity contribution in [2.24, 2.45) is 5.84 Å². The van der Waals surface area contributed by atoms with Gasteiger partial charge in [-0.3, -0.25) is 10.1 Å². The van der Waals surface area contributed by atoms with Crippen molar-refractivity contribution in [2.75, 3.05) is 30.0 Å². The fourth-order valence-corrected chi connectivity index (χ4v) is 1.47. The van der Waals surface area contributed by atoms with Crippen molar-refractivity contribution >= 4 is 17.3 Å². The highest BCUT2D eigenvalue weighted by atomic mass is 19.3. The molecule has 106 valence electrons. The molecule has 0 aromatic carbocycles. The van der Waals surface area contributed by atoms with Gasteiger partial charge in [0.1, 0.15) is 5.82 Å². The summed E-state index contributed by atoms with van der Waals surface area (Å²) in [6.45, 7) is -1.42. The standard InChI is InChI=1S/C9H13F2N5O3/c10-7(11)5-15(3-4-17)9-6(16(18)19)1-2-8(13-9)14-12/h1-2,7,17H,3-5,12H2,(H,13,14). The van der Waals surface area contributed by atoms with Crippen molar-refractivity contribution in [2.45, 2.75) is 6.43 Å². The molecular formula is C9H13F2N5O3. The maximum atomic E-state index is 12.4. The smallest absolute Gasteiger partial charge is 0.311 e. The molecule has 1 aromatic heterocycles. The highest BCUT2D eigenvalue weighted by Gasteiger charge is 2.23. The monoisotopic (exact) mass is 277 g/mol. The van der Waals surface area contributed by atoms with Gasteiger partial charge in [0, 0.05) is 12.6 Å². The van der Waals surface area contributed by atoms with Crippen LogP contribution in [0.25, 0.3) is 0 Å². The first-order chi connectivity index (χ1) is 8.99. The van der Waals surface area contributed by atoms with Gasteiger partial charge in [0.25, 0.3) is 6.43 Å². The van der Waals surface area contributed by atoms with Crippen LogP contribution in [-0.4, -0.2) is 41.1 Å². The molecule has 0 saturated carbocycles. The van der Waals surface area contributed by atoms with E-state index in [2.05, 4.69) is 10.4 Å². The summed E-state index contributed by atoms with van der Waals surface area (Å²) in [5.74, 6) is 4.95. The van der Waals surface area contributed by atoms with E-state index in [0.717, 1.165) is 11.0 Å². The van der Waals surface area contributed by atoms with Gasteiger partial charge >= 0.3 is 5.69 Å². The lowest BCUT2D eigenvalue weighted by molar-refractivity contribution is -0.384. The van der Waals surface area contributed by atoms with Crippen LogP contribution in [-0.2, 0) is 0 Å². The summed E-state index contributed by atoms with van der Waals surface area (Å²) < 4.78 is 24.9. The van der Waals surface area contributed by atoms with Gasteiger partial charge in [0.15, 0.2) is 0 Å². The first kappa shape index (κ1) is 15.0. The van der Waals surface area contributed by atoms with E-state index in [-0.39, 0.29) is 18.2 Å². The molecule has 1 aromatic rings. The number of aromatic nitrogens is 1. The Kier molecular flexibility index (Phi) is 5.33. The summed E-state index contributed by atoms with van der Waals surface area (Å²) in [6.07, 6.45) is -2.72. The zero-order valence-electron chi connectivity index (χ0n) is 9.79. The summed E-state index contributed by atoms with van der Waals surface area (Å²) in [5.41, 5.74) is 1.74. The number of halogens is 2. The Bertz CT molecular complexity index is 446. The van der Waals surface area contributed by atoms with Gasteiger partial charge in [0.05, 0.1) is 18.1 Å². The summed E-state index contributed by atoms with van der Waals surface area (Å²) in [6, 6.07) is 2.36. The second kappa shape index (κ2) is 6.75. The number of aliphatic hydroxyl groups excluding tert-OH is 1. The van der Waals surface area contributed by atoms with Gasteiger partial charge in [-0.05, 0) is 6.07 Å². The second-order valence-corrected chi connectivity index (χ2v) is 3.50. The van der Waals surface area contributed by atoms with Crippen LogP contribution < -0.4 is 16.2 Å². The highest BCUT2D eigenvalue weighted by molar-refractivity contribution is 5.61. The topological polar surface area (TPSA) is 118 Å². The van der Waals surface area contributed by atoms with Crippen LogP contribution in [0.2, 0.25) is 0 Å². The molecule has 19 heavy (non-hydrogen) atoms. The lowest BCUT2D eigenvalue weighted by Crippen LogP contribution is -2.33. The molecule has 0 atom stereocenters. The molecule has 10 heteroatoms. The molecule has 4 N–H and O–H groups in total. The number of hydrogen-bond donors (Lipinski definition) is 3. The minimum Gasteiger partial charge on any atom is -0.395 e. The van der Waals surface area contributed by atoms with Gasteiger partial charge in [-0.15, -0.1) is 0 Å². The van der Waals surface area contributed by atoms with E-state index >= 15 is 0 Å². The predicted molar refractivity (Wildman–Crippen MR) is 64.0 cm³/mol. The number of pyridine rings is 1. The Morgan fingerprint density at radius 1 is 1.58 bits per heavy atom. The Morgan fingerprint density at radius 3 is 2.74 bits per heavy atom. The minimum atomic E-state index is -2.72. The molecule has 0 amide bonds. The summed E-state index contributed by atoms with van der Waals surface area (Å²) in [7, 11) is 0. The van der Waals surface area contributed by atoms with E-state index in [4.69, 9.17) is 10.9 Å². The van der Waals surface area contributed by atoms with Crippen molar-refractivity contribution < 1.29 is 18.8 Å². The fraction of sp³-hybridized carbons (Fsp3) is 0.444. The van der Waals surface area contributed by atoms with Crippen LogP contribution in [0.4, 0.5) is 26.1 Å². The van der Waals surface area contributed by atoms with Crippen LogP contribution in [0.3, 0.4) is 0 Å². The normalized spacial score (nSPS) is 10.6. The Balaban J connectivity index is 3.20. The van der Waals surface area contributed by atoms with Gasteiger partial charge < -0.3 is 15.4 Å². The lowest BCUT2D eigenvalue weighted by atomic mass is 10.3. The predicted octanol–water partition coefficient (Wildman–Crippen LogP) is 0.339. The van der Waals surface area contributed by atoms with E-state index in [9.17, 15) is 18.9 Å². The summed E-state index contributed by atoms with van der Waals surface area (Å²) >= 11 is 0. The molecule has 0 aliphatic rings. The number of hydrogen-bond acceptors (Lipinski definition) is 7. The summed E-state index contributed by atoms with van der Waals surface area (Å²) in [4.78, 5) is 14.8. The molecule has 0 aliphatic heterocycles. The molecule has 1 heterocycles. The van der Waals surface area contributed by atoms with E-state index in [1.165, 1.54) is 6.07 Å². The number of nitro groups is 1. The van der Waals surface area contributed by atoms with Crippen molar-refractivity contribution in [1.82, 2.24) is 4.98 Å². The minimum absolute atomic E-state index is 0.0952. The molecule has 1 rings (SSSR count). The Morgan fingerprint density at radius 2 is 2.26 bits per heavy atom. The number of anilines is 2. The van der Waals surface area contributed by atoms with E-state index in [1.807, 2.05) is 0 Å². The zero-order valence-corrected chi connectivity index (χ0v) is 9.79. The molecule has 0 fully saturated rings. The number of alkyl halides is 2. The molecule has 0 bridgehead atoms. The third-order valence-electron chi connectivity index (χ3n) is 2.23.